The normalized spacial score (nSPS) is 11.4. The molecule has 0 aliphatic heterocycles. The van der Waals surface area contributed by atoms with Crippen molar-refractivity contribution >= 4 is 21.4 Å². The van der Waals surface area contributed by atoms with E-state index in [1.54, 1.807) is 43.3 Å². The predicted molar refractivity (Wildman–Crippen MR) is 91.3 cm³/mol. The van der Waals surface area contributed by atoms with Gasteiger partial charge in [0.05, 0.1) is 10.6 Å². The van der Waals surface area contributed by atoms with Crippen LogP contribution in [0, 0.1) is 6.92 Å². The zero-order valence-electron chi connectivity index (χ0n) is 12.4. The Morgan fingerprint density at radius 1 is 0.913 bits per heavy atom. The number of hydrogen-bond acceptors (Lipinski definition) is 3. The number of hydrogen-bond donors (Lipinski definition) is 0. The number of pyridine rings is 1. The van der Waals surface area contributed by atoms with Crippen LogP contribution in [0.4, 0.5) is 0 Å². The Labute approximate surface area is 140 Å². The van der Waals surface area contributed by atoms with E-state index < -0.39 is 9.84 Å². The third-order valence-corrected chi connectivity index (χ3v) is 5.84. The van der Waals surface area contributed by atoms with Gasteiger partial charge < -0.3 is 0 Å². The fraction of sp³-hybridized carbons (Fsp3) is 0.0556. The molecular weight excluding hydrogens is 330 g/mol. The van der Waals surface area contributed by atoms with Crippen molar-refractivity contribution in [3.8, 4) is 11.3 Å². The van der Waals surface area contributed by atoms with Crippen LogP contribution in [0.15, 0.2) is 76.5 Å². The summed E-state index contributed by atoms with van der Waals surface area (Å²) in [5.74, 6) is 0. The maximum atomic E-state index is 12.8. The highest BCUT2D eigenvalue weighted by Crippen LogP contribution is 2.32. The van der Waals surface area contributed by atoms with Gasteiger partial charge >= 0.3 is 0 Å². The van der Waals surface area contributed by atoms with E-state index in [1.807, 2.05) is 30.3 Å². The van der Waals surface area contributed by atoms with E-state index in [4.69, 9.17) is 11.6 Å². The topological polar surface area (TPSA) is 47.0 Å². The van der Waals surface area contributed by atoms with Crippen molar-refractivity contribution in [3.05, 3.63) is 77.4 Å². The van der Waals surface area contributed by atoms with Crippen LogP contribution in [-0.4, -0.2) is 13.4 Å². The summed E-state index contributed by atoms with van der Waals surface area (Å²) in [6.07, 6.45) is 0. The minimum atomic E-state index is -3.69. The van der Waals surface area contributed by atoms with Crippen LogP contribution >= 0.6 is 11.6 Å². The van der Waals surface area contributed by atoms with Crippen LogP contribution in [0.5, 0.6) is 0 Å². The van der Waals surface area contributed by atoms with E-state index in [2.05, 4.69) is 4.98 Å². The van der Waals surface area contributed by atoms with Crippen molar-refractivity contribution < 1.29 is 8.42 Å². The molecule has 1 heterocycles. The molecule has 0 spiro atoms. The number of aryl methyl sites for hydroxylation is 1. The van der Waals surface area contributed by atoms with Gasteiger partial charge in [0.25, 0.3) is 0 Å². The van der Waals surface area contributed by atoms with Crippen molar-refractivity contribution in [1.29, 1.82) is 0 Å². The second-order valence-electron chi connectivity index (χ2n) is 5.13. The number of nitrogens with zero attached hydrogens (tertiary/aromatic N) is 1. The highest BCUT2D eigenvalue weighted by atomic mass is 35.5. The first kappa shape index (κ1) is 15.7. The summed E-state index contributed by atoms with van der Waals surface area (Å²) in [6.45, 7) is 1.73. The molecule has 1 aromatic heterocycles. The van der Waals surface area contributed by atoms with Gasteiger partial charge in [-0.15, -0.1) is 0 Å². The molecule has 3 nitrogen and oxygen atoms in total. The second kappa shape index (κ2) is 6.14. The second-order valence-corrected chi connectivity index (χ2v) is 7.37. The van der Waals surface area contributed by atoms with Gasteiger partial charge in [-0.3, -0.25) is 0 Å². The molecule has 0 saturated carbocycles. The van der Waals surface area contributed by atoms with Crippen LogP contribution in [0.1, 0.15) is 5.56 Å². The number of sulfone groups is 1. The van der Waals surface area contributed by atoms with Crippen molar-refractivity contribution in [3.63, 3.8) is 0 Å². The molecule has 0 aliphatic rings. The Balaban J connectivity index is 2.16. The Morgan fingerprint density at radius 3 is 2.04 bits per heavy atom. The molecule has 0 aliphatic carbocycles. The van der Waals surface area contributed by atoms with Crippen LogP contribution < -0.4 is 0 Å². The Kier molecular flexibility index (Phi) is 4.20. The fourth-order valence-corrected chi connectivity index (χ4v) is 4.47. The summed E-state index contributed by atoms with van der Waals surface area (Å²) >= 11 is 6.23. The van der Waals surface area contributed by atoms with Gasteiger partial charge in [-0.1, -0.05) is 60.1 Å². The Morgan fingerprint density at radius 2 is 1.48 bits per heavy atom. The molecule has 0 bridgehead atoms. The lowest BCUT2D eigenvalue weighted by atomic mass is 10.1. The van der Waals surface area contributed by atoms with Crippen LogP contribution in [0.25, 0.3) is 11.3 Å². The van der Waals surface area contributed by atoms with Gasteiger partial charge in [0.2, 0.25) is 9.84 Å². The van der Waals surface area contributed by atoms with Crippen molar-refractivity contribution in [2.75, 3.05) is 0 Å². The number of benzene rings is 2. The molecule has 0 N–H and O–H groups in total. The standard InChI is InChI=1S/C18H14ClNO2S/c1-13-12-16(14-8-4-2-5-9-14)20-18(19)17(13)23(21,22)15-10-6-3-7-11-15/h2-12H,1H3. The van der Waals surface area contributed by atoms with E-state index in [-0.39, 0.29) is 14.9 Å². The predicted octanol–water partition coefficient (Wildman–Crippen LogP) is 4.54. The molecule has 0 atom stereocenters. The highest BCUT2D eigenvalue weighted by molar-refractivity contribution is 7.91. The maximum Gasteiger partial charge on any atom is 0.209 e. The fourth-order valence-electron chi connectivity index (χ4n) is 2.42. The van der Waals surface area contributed by atoms with Crippen LogP contribution in [0.3, 0.4) is 0 Å². The largest absolute Gasteiger partial charge is 0.235 e. The Hall–Kier alpha value is -2.17. The minimum absolute atomic E-state index is 0.00675. The molecule has 0 radical (unpaired) electrons. The van der Waals surface area contributed by atoms with Crippen LogP contribution in [0.2, 0.25) is 5.15 Å². The molecular formula is C18H14ClNO2S. The van der Waals surface area contributed by atoms with E-state index in [9.17, 15) is 8.42 Å². The molecule has 0 amide bonds. The average Bonchev–Trinajstić information content (AvgIpc) is 2.55. The molecule has 2 aromatic carbocycles. The first-order valence-electron chi connectivity index (χ1n) is 7.03. The summed E-state index contributed by atoms with van der Waals surface area (Å²) in [5.41, 5.74) is 2.12. The molecule has 0 unspecified atom stereocenters. The van der Waals surface area contributed by atoms with E-state index in [0.29, 0.717) is 11.3 Å². The molecule has 5 heteroatoms. The lowest BCUT2D eigenvalue weighted by Gasteiger charge is -2.11. The molecule has 0 saturated heterocycles. The zero-order valence-corrected chi connectivity index (χ0v) is 14.0. The summed E-state index contributed by atoms with van der Waals surface area (Å²) in [5, 5.41) is -0.00675. The maximum absolute atomic E-state index is 12.8. The Bertz CT molecular complexity index is 916. The molecule has 23 heavy (non-hydrogen) atoms. The van der Waals surface area contributed by atoms with E-state index >= 15 is 0 Å². The lowest BCUT2D eigenvalue weighted by molar-refractivity contribution is 0.595. The minimum Gasteiger partial charge on any atom is -0.235 e. The zero-order chi connectivity index (χ0) is 16.4. The number of halogens is 1. The van der Waals surface area contributed by atoms with Crippen LogP contribution in [-0.2, 0) is 9.84 Å². The number of rotatable bonds is 3. The molecule has 3 aromatic rings. The molecule has 116 valence electrons. The van der Waals surface area contributed by atoms with E-state index in [1.165, 1.54) is 0 Å². The smallest absolute Gasteiger partial charge is 0.209 e. The summed E-state index contributed by atoms with van der Waals surface area (Å²) in [4.78, 5) is 4.55. The van der Waals surface area contributed by atoms with Gasteiger partial charge in [0, 0.05) is 5.56 Å². The quantitative estimate of drug-likeness (QED) is 0.656. The molecule has 3 rings (SSSR count). The first-order valence-corrected chi connectivity index (χ1v) is 8.89. The highest BCUT2D eigenvalue weighted by Gasteiger charge is 2.24. The first-order chi connectivity index (χ1) is 11.0. The summed E-state index contributed by atoms with van der Waals surface area (Å²) in [7, 11) is -3.69. The van der Waals surface area contributed by atoms with Gasteiger partial charge in [-0.05, 0) is 30.7 Å². The molecule has 0 fully saturated rings. The summed E-state index contributed by atoms with van der Waals surface area (Å²) < 4.78 is 25.6. The monoisotopic (exact) mass is 343 g/mol. The van der Waals surface area contributed by atoms with Gasteiger partial charge in [0.1, 0.15) is 10.0 Å². The van der Waals surface area contributed by atoms with Gasteiger partial charge in [0.15, 0.2) is 0 Å². The number of aromatic nitrogens is 1. The van der Waals surface area contributed by atoms with Crippen molar-refractivity contribution in [1.82, 2.24) is 4.98 Å². The lowest BCUT2D eigenvalue weighted by Crippen LogP contribution is -2.06. The van der Waals surface area contributed by atoms with Crippen molar-refractivity contribution in [2.24, 2.45) is 0 Å². The average molecular weight is 344 g/mol. The third-order valence-electron chi connectivity index (χ3n) is 3.51. The van der Waals surface area contributed by atoms with Gasteiger partial charge in [-0.2, -0.15) is 0 Å². The summed E-state index contributed by atoms with van der Waals surface area (Å²) in [6, 6.07) is 19.5. The van der Waals surface area contributed by atoms with Gasteiger partial charge in [-0.25, -0.2) is 13.4 Å². The SMILES string of the molecule is Cc1cc(-c2ccccc2)nc(Cl)c1S(=O)(=O)c1ccccc1. The third kappa shape index (κ3) is 3.00. The van der Waals surface area contributed by atoms with Crippen molar-refractivity contribution in [2.45, 2.75) is 16.7 Å². The van der Waals surface area contributed by atoms with E-state index in [0.717, 1.165) is 5.56 Å².